The number of hydrogen-bond donors (Lipinski definition) is 1. The maximum Gasteiger partial charge on any atom is 0.243 e. The molecule has 2 heterocycles. The average Bonchev–Trinajstić information content (AvgIpc) is 3.04. The molecular formula is C17H19Cl2N3O3S2. The first-order valence-electron chi connectivity index (χ1n) is 8.40. The van der Waals surface area contributed by atoms with E-state index < -0.39 is 10.0 Å². The number of halogens is 2. The van der Waals surface area contributed by atoms with Gasteiger partial charge in [-0.3, -0.25) is 4.79 Å². The fraction of sp³-hybridized carbons (Fsp3) is 0.412. The number of aromatic nitrogens is 1. The average molecular weight is 448 g/mol. The lowest BCUT2D eigenvalue weighted by atomic mass is 9.97. The molecule has 1 fully saturated rings. The predicted molar refractivity (Wildman–Crippen MR) is 107 cm³/mol. The summed E-state index contributed by atoms with van der Waals surface area (Å²) < 4.78 is 26.9. The third-order valence-electron chi connectivity index (χ3n) is 4.38. The molecule has 6 nitrogen and oxygen atoms in total. The van der Waals surface area contributed by atoms with E-state index in [9.17, 15) is 13.2 Å². The van der Waals surface area contributed by atoms with Crippen LogP contribution in [0.4, 0.5) is 0 Å². The van der Waals surface area contributed by atoms with Gasteiger partial charge in [0, 0.05) is 40.1 Å². The Kier molecular flexibility index (Phi) is 6.43. The zero-order valence-electron chi connectivity index (χ0n) is 14.6. The van der Waals surface area contributed by atoms with Crippen molar-refractivity contribution in [3.63, 3.8) is 0 Å². The van der Waals surface area contributed by atoms with Gasteiger partial charge >= 0.3 is 0 Å². The third-order valence-corrected chi connectivity index (χ3v) is 7.66. The summed E-state index contributed by atoms with van der Waals surface area (Å²) in [5, 5.41) is 6.23. The van der Waals surface area contributed by atoms with Crippen LogP contribution in [-0.4, -0.2) is 36.7 Å². The Hall–Kier alpha value is -1.19. The number of thiazole rings is 1. The van der Waals surface area contributed by atoms with E-state index in [0.29, 0.717) is 19.4 Å². The minimum atomic E-state index is -3.68. The number of nitrogens with one attached hydrogen (secondary N) is 1. The fourth-order valence-electron chi connectivity index (χ4n) is 2.98. The van der Waals surface area contributed by atoms with Crippen LogP contribution in [0.1, 0.15) is 23.5 Å². The Labute approximate surface area is 172 Å². The molecule has 1 aliphatic heterocycles. The quantitative estimate of drug-likeness (QED) is 0.760. The molecule has 0 unspecified atom stereocenters. The van der Waals surface area contributed by atoms with Crippen LogP contribution < -0.4 is 5.32 Å². The van der Waals surface area contributed by atoms with E-state index in [-0.39, 0.29) is 39.9 Å². The van der Waals surface area contributed by atoms with Gasteiger partial charge in [-0.05, 0) is 38.0 Å². The molecule has 1 amide bonds. The summed E-state index contributed by atoms with van der Waals surface area (Å²) in [6.45, 7) is 2.86. The van der Waals surface area contributed by atoms with Crippen LogP contribution in [-0.2, 0) is 21.4 Å². The molecule has 10 heteroatoms. The monoisotopic (exact) mass is 447 g/mol. The minimum absolute atomic E-state index is 0.0642. The zero-order chi connectivity index (χ0) is 19.6. The van der Waals surface area contributed by atoms with Gasteiger partial charge in [0.25, 0.3) is 0 Å². The van der Waals surface area contributed by atoms with Crippen molar-refractivity contribution in [2.24, 2.45) is 5.92 Å². The molecule has 0 radical (unpaired) electrons. The topological polar surface area (TPSA) is 79.4 Å². The number of piperidine rings is 1. The van der Waals surface area contributed by atoms with Crippen molar-refractivity contribution in [2.75, 3.05) is 13.1 Å². The zero-order valence-corrected chi connectivity index (χ0v) is 17.8. The molecule has 1 N–H and O–H groups in total. The molecule has 0 aliphatic carbocycles. The summed E-state index contributed by atoms with van der Waals surface area (Å²) in [5.74, 6) is -0.272. The molecule has 0 bridgehead atoms. The number of carbonyl (C=O) groups is 1. The van der Waals surface area contributed by atoms with Crippen molar-refractivity contribution in [2.45, 2.75) is 31.2 Å². The fourth-order valence-corrected chi connectivity index (χ4v) is 5.88. The molecule has 0 atom stereocenters. The van der Waals surface area contributed by atoms with Gasteiger partial charge in [0.15, 0.2) is 0 Å². The van der Waals surface area contributed by atoms with Gasteiger partial charge in [-0.2, -0.15) is 4.31 Å². The number of benzene rings is 1. The number of rotatable bonds is 5. The van der Waals surface area contributed by atoms with E-state index in [2.05, 4.69) is 10.3 Å². The molecule has 3 rings (SSSR count). The summed E-state index contributed by atoms with van der Waals surface area (Å²) in [4.78, 5) is 16.7. The first-order chi connectivity index (χ1) is 12.8. The number of aryl methyl sites for hydroxylation is 1. The smallest absolute Gasteiger partial charge is 0.243 e. The second kappa shape index (κ2) is 8.45. The highest BCUT2D eigenvalue weighted by atomic mass is 35.5. The molecule has 1 aromatic carbocycles. The molecular weight excluding hydrogens is 429 g/mol. The van der Waals surface area contributed by atoms with Crippen molar-refractivity contribution in [3.8, 4) is 0 Å². The van der Waals surface area contributed by atoms with Crippen LogP contribution in [0.2, 0.25) is 10.0 Å². The second-order valence-electron chi connectivity index (χ2n) is 6.38. The molecule has 1 aromatic heterocycles. The van der Waals surface area contributed by atoms with Crippen molar-refractivity contribution in [1.82, 2.24) is 14.6 Å². The van der Waals surface area contributed by atoms with E-state index in [1.165, 1.54) is 33.8 Å². The Morgan fingerprint density at radius 3 is 2.44 bits per heavy atom. The highest BCUT2D eigenvalue weighted by Crippen LogP contribution is 2.28. The van der Waals surface area contributed by atoms with Crippen LogP contribution in [0, 0.1) is 12.8 Å². The third kappa shape index (κ3) is 5.00. The maximum absolute atomic E-state index is 12.8. The van der Waals surface area contributed by atoms with Gasteiger partial charge in [-0.1, -0.05) is 23.2 Å². The number of carbonyl (C=O) groups excluding carboxylic acids is 1. The first-order valence-corrected chi connectivity index (χ1v) is 11.5. The lowest BCUT2D eigenvalue weighted by molar-refractivity contribution is -0.126. The van der Waals surface area contributed by atoms with Crippen molar-refractivity contribution in [3.05, 3.63) is 44.3 Å². The normalized spacial score (nSPS) is 16.4. The second-order valence-corrected chi connectivity index (χ2v) is 10.1. The standard InChI is InChI=1S/C17H19Cl2N3O3S2/c1-11-10-26-16(21-11)9-20-17(23)12-2-4-22(5-3-12)27(24,25)15-7-13(18)6-14(19)8-15/h6-8,10,12H,2-5,9H2,1H3,(H,20,23). The molecule has 1 saturated heterocycles. The van der Waals surface area contributed by atoms with E-state index in [1.54, 1.807) is 0 Å². The lowest BCUT2D eigenvalue weighted by Gasteiger charge is -2.30. The van der Waals surface area contributed by atoms with Gasteiger partial charge < -0.3 is 5.32 Å². The van der Waals surface area contributed by atoms with E-state index in [1.807, 2.05) is 12.3 Å². The van der Waals surface area contributed by atoms with Gasteiger partial charge in [0.1, 0.15) is 5.01 Å². The summed E-state index contributed by atoms with van der Waals surface area (Å²) in [7, 11) is -3.68. The largest absolute Gasteiger partial charge is 0.349 e. The SMILES string of the molecule is Cc1csc(CNC(=O)C2CCN(S(=O)(=O)c3cc(Cl)cc(Cl)c3)CC2)n1. The maximum atomic E-state index is 12.8. The van der Waals surface area contributed by atoms with Gasteiger partial charge in [-0.15, -0.1) is 11.3 Å². The molecule has 0 saturated carbocycles. The highest BCUT2D eigenvalue weighted by Gasteiger charge is 2.32. The van der Waals surface area contributed by atoms with Crippen molar-refractivity contribution >= 4 is 50.5 Å². The molecule has 0 spiro atoms. The summed E-state index contributed by atoms with van der Waals surface area (Å²) in [6.07, 6.45) is 0.937. The molecule has 1 aliphatic rings. The first kappa shape index (κ1) is 20.5. The minimum Gasteiger partial charge on any atom is -0.349 e. The van der Waals surface area contributed by atoms with Gasteiger partial charge in [0.05, 0.1) is 11.4 Å². The number of amides is 1. The highest BCUT2D eigenvalue weighted by molar-refractivity contribution is 7.89. The van der Waals surface area contributed by atoms with Crippen LogP contribution >= 0.6 is 34.5 Å². The van der Waals surface area contributed by atoms with Crippen LogP contribution in [0.25, 0.3) is 0 Å². The number of sulfonamides is 1. The molecule has 2 aromatic rings. The van der Waals surface area contributed by atoms with E-state index in [0.717, 1.165) is 10.7 Å². The number of hydrogen-bond acceptors (Lipinski definition) is 5. The Bertz CT molecular complexity index is 918. The van der Waals surface area contributed by atoms with Crippen LogP contribution in [0.5, 0.6) is 0 Å². The van der Waals surface area contributed by atoms with Crippen molar-refractivity contribution < 1.29 is 13.2 Å². The predicted octanol–water partition coefficient (Wildman–Crippen LogP) is 3.48. The van der Waals surface area contributed by atoms with Crippen molar-refractivity contribution in [1.29, 1.82) is 0 Å². The lowest BCUT2D eigenvalue weighted by Crippen LogP contribution is -2.42. The Morgan fingerprint density at radius 1 is 1.26 bits per heavy atom. The van der Waals surface area contributed by atoms with Crippen LogP contribution in [0.15, 0.2) is 28.5 Å². The van der Waals surface area contributed by atoms with Gasteiger partial charge in [-0.25, -0.2) is 13.4 Å². The Balaban J connectivity index is 1.58. The van der Waals surface area contributed by atoms with Crippen LogP contribution in [0.3, 0.4) is 0 Å². The summed E-state index contributed by atoms with van der Waals surface area (Å²) >= 11 is 13.4. The van der Waals surface area contributed by atoms with Gasteiger partial charge in [0.2, 0.25) is 15.9 Å². The number of nitrogens with zero attached hydrogens (tertiary/aromatic N) is 2. The molecule has 146 valence electrons. The molecule has 27 heavy (non-hydrogen) atoms. The summed E-state index contributed by atoms with van der Waals surface area (Å²) in [6, 6.07) is 4.26. The van der Waals surface area contributed by atoms with E-state index >= 15 is 0 Å². The van der Waals surface area contributed by atoms with E-state index in [4.69, 9.17) is 23.2 Å². The summed E-state index contributed by atoms with van der Waals surface area (Å²) in [5.41, 5.74) is 0.934. The Morgan fingerprint density at radius 2 is 1.89 bits per heavy atom.